The fourth-order valence-corrected chi connectivity index (χ4v) is 4.26. The van der Waals surface area contributed by atoms with Crippen molar-refractivity contribution in [1.29, 1.82) is 0 Å². The van der Waals surface area contributed by atoms with Crippen LogP contribution in [0.1, 0.15) is 25.1 Å². The number of halogens is 1. The molecule has 0 radical (unpaired) electrons. The average molecular weight is 411 g/mol. The molecule has 0 spiro atoms. The molecule has 2 aromatic carbocycles. The first-order valence-electron chi connectivity index (χ1n) is 9.44. The maximum atomic E-state index is 14.0. The van der Waals surface area contributed by atoms with Crippen molar-refractivity contribution in [2.45, 2.75) is 19.3 Å². The summed E-state index contributed by atoms with van der Waals surface area (Å²) in [4.78, 5) is 6.38. The number of thioether (sulfide) groups is 1. The van der Waals surface area contributed by atoms with Crippen molar-refractivity contribution < 1.29 is 8.91 Å². The summed E-state index contributed by atoms with van der Waals surface area (Å²) in [6, 6.07) is 16.4. The van der Waals surface area contributed by atoms with Gasteiger partial charge in [-0.05, 0) is 17.2 Å². The third kappa shape index (κ3) is 4.00. The van der Waals surface area contributed by atoms with Gasteiger partial charge in [0.15, 0.2) is 5.96 Å². The highest BCUT2D eigenvalue weighted by Crippen LogP contribution is 2.34. The number of hydrogen-bond donors (Lipinski definition) is 1. The van der Waals surface area contributed by atoms with Gasteiger partial charge in [-0.1, -0.05) is 61.5 Å². The van der Waals surface area contributed by atoms with Gasteiger partial charge in [-0.3, -0.25) is 0 Å². The van der Waals surface area contributed by atoms with Crippen molar-refractivity contribution in [2.24, 2.45) is 10.7 Å². The van der Waals surface area contributed by atoms with Crippen molar-refractivity contribution in [3.8, 4) is 11.1 Å². The summed E-state index contributed by atoms with van der Waals surface area (Å²) >= 11 is 1.82. The van der Waals surface area contributed by atoms with Crippen LogP contribution in [0, 0.1) is 5.82 Å². The van der Waals surface area contributed by atoms with Crippen LogP contribution in [0.3, 0.4) is 0 Å². The largest absolute Gasteiger partial charge is 0.369 e. The summed E-state index contributed by atoms with van der Waals surface area (Å²) in [5.41, 5.74) is 8.90. The predicted octanol–water partition coefficient (Wildman–Crippen LogP) is 4.76. The lowest BCUT2D eigenvalue weighted by molar-refractivity contribution is 0.405. The second-order valence-corrected chi connectivity index (χ2v) is 8.58. The van der Waals surface area contributed by atoms with Crippen LogP contribution < -0.4 is 5.73 Å². The Morgan fingerprint density at radius 2 is 1.97 bits per heavy atom. The number of aliphatic imine (C=N–C) groups is 1. The smallest absolute Gasteiger partial charge is 0.253 e. The number of nitrogens with zero attached hydrogens (tertiary/aromatic N) is 3. The molecule has 0 atom stereocenters. The van der Waals surface area contributed by atoms with E-state index in [2.05, 4.69) is 24.0 Å². The first-order valence-corrected chi connectivity index (χ1v) is 10.6. The lowest BCUT2D eigenvalue weighted by Crippen LogP contribution is -2.34. The first-order chi connectivity index (χ1) is 13.9. The number of hydrogen-bond acceptors (Lipinski definition) is 4. The quantitative estimate of drug-likeness (QED) is 0.496. The van der Waals surface area contributed by atoms with Crippen LogP contribution in [-0.2, 0) is 5.41 Å². The molecule has 1 aromatic heterocycles. The summed E-state index contributed by atoms with van der Waals surface area (Å²) in [6.45, 7) is 5.02. The van der Waals surface area contributed by atoms with Crippen molar-refractivity contribution in [1.82, 2.24) is 10.1 Å². The highest BCUT2D eigenvalue weighted by molar-refractivity contribution is 7.99. The van der Waals surface area contributed by atoms with Gasteiger partial charge in [-0.15, -0.1) is 11.8 Å². The van der Waals surface area contributed by atoms with Crippen LogP contribution in [-0.4, -0.2) is 34.2 Å². The monoisotopic (exact) mass is 410 g/mol. The molecule has 2 N–H and O–H groups in total. The van der Waals surface area contributed by atoms with Gasteiger partial charge in [0.25, 0.3) is 5.88 Å². The van der Waals surface area contributed by atoms with Gasteiger partial charge >= 0.3 is 0 Å². The Morgan fingerprint density at radius 1 is 1.21 bits per heavy atom. The lowest BCUT2D eigenvalue weighted by atomic mass is 9.81. The molecule has 5 nitrogen and oxygen atoms in total. The average Bonchev–Trinajstić information content (AvgIpc) is 3.41. The SMILES string of the molecule is CC(C)(c1ccc(-c2ccccc2F)cc1)c1cc(/N=C(/N)N2CCSC2)on1. The molecule has 7 heteroatoms. The van der Waals surface area contributed by atoms with Crippen molar-refractivity contribution >= 4 is 23.6 Å². The minimum atomic E-state index is -0.400. The van der Waals surface area contributed by atoms with E-state index in [9.17, 15) is 4.39 Å². The molecule has 1 aliphatic heterocycles. The van der Waals surface area contributed by atoms with Crippen LogP contribution in [0.2, 0.25) is 0 Å². The third-order valence-electron chi connectivity index (χ3n) is 5.23. The molecule has 4 rings (SSSR count). The molecule has 1 saturated heterocycles. The highest BCUT2D eigenvalue weighted by atomic mass is 32.2. The number of nitrogens with two attached hydrogens (primary N) is 1. The van der Waals surface area contributed by atoms with E-state index in [0.29, 0.717) is 17.4 Å². The molecule has 0 amide bonds. The topological polar surface area (TPSA) is 67.7 Å². The van der Waals surface area contributed by atoms with Gasteiger partial charge in [0.1, 0.15) is 5.82 Å². The third-order valence-corrected chi connectivity index (χ3v) is 6.20. The Kier molecular flexibility index (Phi) is 5.32. The van der Waals surface area contributed by atoms with Crippen molar-refractivity contribution in [3.63, 3.8) is 0 Å². The van der Waals surface area contributed by atoms with Crippen molar-refractivity contribution in [2.75, 3.05) is 18.2 Å². The minimum absolute atomic E-state index is 0.229. The minimum Gasteiger partial charge on any atom is -0.369 e. The van der Waals surface area contributed by atoms with E-state index in [4.69, 9.17) is 10.3 Å². The zero-order valence-electron chi connectivity index (χ0n) is 16.4. The van der Waals surface area contributed by atoms with Crippen LogP contribution in [0.15, 0.2) is 64.1 Å². The Labute approximate surface area is 173 Å². The number of guanidine groups is 1. The molecule has 3 aromatic rings. The standard InChI is InChI=1S/C22H23FN4OS/c1-22(2,16-9-7-15(8-10-16)17-5-3-4-6-18(17)23)19-13-20(28-26-19)25-21(24)27-11-12-29-14-27/h3-10,13H,11-12,14H2,1-2H3,(H2,24,25). The molecule has 0 aliphatic carbocycles. The van der Waals surface area contributed by atoms with E-state index >= 15 is 0 Å². The van der Waals surface area contributed by atoms with Gasteiger partial charge in [0.05, 0.1) is 11.6 Å². The molecule has 1 aliphatic rings. The van der Waals surface area contributed by atoms with Gasteiger partial charge in [0.2, 0.25) is 0 Å². The predicted molar refractivity (Wildman–Crippen MR) is 116 cm³/mol. The molecular formula is C22H23FN4OS. The maximum absolute atomic E-state index is 14.0. The molecule has 0 unspecified atom stereocenters. The van der Waals surface area contributed by atoms with E-state index in [1.165, 1.54) is 6.07 Å². The lowest BCUT2D eigenvalue weighted by Gasteiger charge is -2.22. The fraction of sp³-hybridized carbons (Fsp3) is 0.273. The Bertz CT molecular complexity index is 1020. The van der Waals surface area contributed by atoms with Gasteiger partial charge < -0.3 is 15.2 Å². The number of aromatic nitrogens is 1. The van der Waals surface area contributed by atoms with Crippen LogP contribution in [0.25, 0.3) is 11.1 Å². The van der Waals surface area contributed by atoms with Crippen molar-refractivity contribution in [3.05, 3.63) is 71.7 Å². The zero-order chi connectivity index (χ0) is 20.4. The maximum Gasteiger partial charge on any atom is 0.253 e. The Morgan fingerprint density at radius 3 is 2.66 bits per heavy atom. The Hall–Kier alpha value is -2.80. The van der Waals surface area contributed by atoms with E-state index in [1.807, 2.05) is 53.1 Å². The molecule has 0 bridgehead atoms. The summed E-state index contributed by atoms with van der Waals surface area (Å²) in [6.07, 6.45) is 0. The molecule has 1 fully saturated rings. The summed E-state index contributed by atoms with van der Waals surface area (Å²) in [7, 11) is 0. The number of rotatable bonds is 4. The second kappa shape index (κ2) is 7.91. The summed E-state index contributed by atoms with van der Waals surface area (Å²) in [5, 5.41) is 4.22. The fourth-order valence-electron chi connectivity index (χ4n) is 3.30. The Balaban J connectivity index is 1.56. The second-order valence-electron chi connectivity index (χ2n) is 7.50. The summed E-state index contributed by atoms with van der Waals surface area (Å²) < 4.78 is 19.5. The highest BCUT2D eigenvalue weighted by Gasteiger charge is 2.27. The van der Waals surface area contributed by atoms with E-state index < -0.39 is 5.41 Å². The molecule has 150 valence electrons. The normalized spacial score (nSPS) is 15.1. The van der Waals surface area contributed by atoms with Crippen LogP contribution >= 0.6 is 11.8 Å². The molecule has 29 heavy (non-hydrogen) atoms. The van der Waals surface area contributed by atoms with Gasteiger partial charge in [-0.25, -0.2) is 4.39 Å². The van der Waals surface area contributed by atoms with Crippen LogP contribution in [0.4, 0.5) is 10.3 Å². The van der Waals surface area contributed by atoms with E-state index in [-0.39, 0.29) is 5.82 Å². The molecule has 2 heterocycles. The van der Waals surface area contributed by atoms with E-state index in [0.717, 1.165) is 35.0 Å². The first kappa shape index (κ1) is 19.5. The molecule has 0 saturated carbocycles. The number of benzene rings is 2. The van der Waals surface area contributed by atoms with Crippen LogP contribution in [0.5, 0.6) is 0 Å². The van der Waals surface area contributed by atoms with Gasteiger partial charge in [-0.2, -0.15) is 4.99 Å². The zero-order valence-corrected chi connectivity index (χ0v) is 17.2. The molecular weight excluding hydrogens is 387 g/mol. The summed E-state index contributed by atoms with van der Waals surface area (Å²) in [5.74, 6) is 2.51. The van der Waals surface area contributed by atoms with E-state index in [1.54, 1.807) is 12.1 Å². The van der Waals surface area contributed by atoms with Gasteiger partial charge in [0, 0.05) is 29.3 Å².